The SMILES string of the molecule is CCC(C)(CCN)Nc1ccc(S(N)(=O)=O)cc1F. The van der Waals surface area contributed by atoms with Crippen LogP contribution in [-0.4, -0.2) is 20.5 Å². The maximum atomic E-state index is 13.9. The highest BCUT2D eigenvalue weighted by molar-refractivity contribution is 7.89. The van der Waals surface area contributed by atoms with Crippen LogP contribution < -0.4 is 16.2 Å². The van der Waals surface area contributed by atoms with Gasteiger partial charge in [0.25, 0.3) is 0 Å². The summed E-state index contributed by atoms with van der Waals surface area (Å²) >= 11 is 0. The molecule has 1 aromatic rings. The van der Waals surface area contributed by atoms with E-state index in [-0.39, 0.29) is 16.1 Å². The van der Waals surface area contributed by atoms with Gasteiger partial charge in [0.05, 0.1) is 10.6 Å². The van der Waals surface area contributed by atoms with E-state index >= 15 is 0 Å². The summed E-state index contributed by atoms with van der Waals surface area (Å²) in [5.41, 5.74) is 5.44. The van der Waals surface area contributed by atoms with Gasteiger partial charge in [-0.2, -0.15) is 0 Å². The van der Waals surface area contributed by atoms with Gasteiger partial charge in [-0.25, -0.2) is 17.9 Å². The summed E-state index contributed by atoms with van der Waals surface area (Å²) in [6.07, 6.45) is 1.44. The van der Waals surface area contributed by atoms with E-state index in [1.165, 1.54) is 12.1 Å². The van der Waals surface area contributed by atoms with E-state index in [0.29, 0.717) is 13.0 Å². The monoisotopic (exact) mass is 289 g/mol. The van der Waals surface area contributed by atoms with Crippen molar-refractivity contribution in [2.75, 3.05) is 11.9 Å². The molecule has 0 bridgehead atoms. The highest BCUT2D eigenvalue weighted by Crippen LogP contribution is 2.25. The third-order valence-corrected chi connectivity index (χ3v) is 4.09. The number of hydrogen-bond donors (Lipinski definition) is 3. The Morgan fingerprint density at radius 3 is 2.47 bits per heavy atom. The lowest BCUT2D eigenvalue weighted by molar-refractivity contribution is 0.459. The van der Waals surface area contributed by atoms with Gasteiger partial charge in [0.2, 0.25) is 10.0 Å². The maximum Gasteiger partial charge on any atom is 0.238 e. The second-order valence-electron chi connectivity index (χ2n) is 4.76. The molecule has 0 saturated heterocycles. The van der Waals surface area contributed by atoms with Crippen LogP contribution in [0.15, 0.2) is 23.1 Å². The fourth-order valence-electron chi connectivity index (χ4n) is 1.75. The lowest BCUT2D eigenvalue weighted by atomic mass is 9.94. The molecule has 0 aliphatic rings. The van der Waals surface area contributed by atoms with Crippen LogP contribution in [-0.2, 0) is 10.0 Å². The average Bonchev–Trinajstić information content (AvgIpc) is 2.31. The van der Waals surface area contributed by atoms with Gasteiger partial charge >= 0.3 is 0 Å². The first-order valence-corrected chi connectivity index (χ1v) is 7.57. The number of sulfonamides is 1. The summed E-state index contributed by atoms with van der Waals surface area (Å²) in [6, 6.07) is 3.56. The summed E-state index contributed by atoms with van der Waals surface area (Å²) in [5, 5.41) is 8.01. The Kier molecular flexibility index (Phi) is 4.89. The average molecular weight is 289 g/mol. The molecule has 0 heterocycles. The van der Waals surface area contributed by atoms with Crippen molar-refractivity contribution in [1.29, 1.82) is 0 Å². The molecule has 1 atom stereocenters. The summed E-state index contributed by atoms with van der Waals surface area (Å²) in [6.45, 7) is 4.39. The van der Waals surface area contributed by atoms with Crippen molar-refractivity contribution in [3.8, 4) is 0 Å². The van der Waals surface area contributed by atoms with Crippen molar-refractivity contribution in [1.82, 2.24) is 0 Å². The van der Waals surface area contributed by atoms with Crippen LogP contribution in [0.25, 0.3) is 0 Å². The van der Waals surface area contributed by atoms with Gasteiger partial charge in [0.1, 0.15) is 5.82 Å². The van der Waals surface area contributed by atoms with Gasteiger partial charge in [-0.3, -0.25) is 0 Å². The molecule has 0 aromatic heterocycles. The van der Waals surface area contributed by atoms with Crippen molar-refractivity contribution in [2.24, 2.45) is 10.9 Å². The quantitative estimate of drug-likeness (QED) is 0.737. The Balaban J connectivity index is 3.04. The minimum atomic E-state index is -3.89. The molecule has 0 aliphatic heterocycles. The number of rotatable bonds is 6. The van der Waals surface area contributed by atoms with Gasteiger partial charge in [0.15, 0.2) is 0 Å². The van der Waals surface area contributed by atoms with E-state index in [1.807, 2.05) is 13.8 Å². The molecular weight excluding hydrogens is 269 g/mol. The fourth-order valence-corrected chi connectivity index (χ4v) is 2.27. The molecule has 5 N–H and O–H groups in total. The van der Waals surface area contributed by atoms with E-state index < -0.39 is 15.8 Å². The predicted molar refractivity (Wildman–Crippen MR) is 73.8 cm³/mol. The number of nitrogens with two attached hydrogens (primary N) is 2. The summed E-state index contributed by atoms with van der Waals surface area (Å²) < 4.78 is 36.1. The molecule has 0 saturated carbocycles. The van der Waals surface area contributed by atoms with Crippen molar-refractivity contribution in [3.05, 3.63) is 24.0 Å². The zero-order valence-electron chi connectivity index (χ0n) is 11.1. The van der Waals surface area contributed by atoms with Crippen molar-refractivity contribution >= 4 is 15.7 Å². The summed E-state index contributed by atoms with van der Waals surface area (Å²) in [5.74, 6) is -0.650. The number of primary sulfonamides is 1. The Bertz CT molecular complexity index is 548. The summed E-state index contributed by atoms with van der Waals surface area (Å²) in [4.78, 5) is -0.243. The normalized spacial score (nSPS) is 15.0. The van der Waals surface area contributed by atoms with Crippen molar-refractivity contribution in [3.63, 3.8) is 0 Å². The largest absolute Gasteiger partial charge is 0.377 e. The van der Waals surface area contributed by atoms with Crippen LogP contribution in [0.1, 0.15) is 26.7 Å². The Hall–Kier alpha value is -1.18. The molecule has 0 fully saturated rings. The Labute approximate surface area is 113 Å². The topological polar surface area (TPSA) is 98.2 Å². The van der Waals surface area contributed by atoms with Crippen LogP contribution in [0.2, 0.25) is 0 Å². The molecule has 0 aliphatic carbocycles. The van der Waals surface area contributed by atoms with E-state index in [4.69, 9.17) is 10.9 Å². The van der Waals surface area contributed by atoms with Crippen LogP contribution in [0.4, 0.5) is 10.1 Å². The highest BCUT2D eigenvalue weighted by Gasteiger charge is 2.22. The molecule has 0 spiro atoms. The zero-order valence-corrected chi connectivity index (χ0v) is 11.9. The summed E-state index contributed by atoms with van der Waals surface area (Å²) in [7, 11) is -3.89. The molecule has 1 unspecified atom stereocenters. The number of halogens is 1. The molecule has 19 heavy (non-hydrogen) atoms. The first-order valence-electron chi connectivity index (χ1n) is 6.02. The molecule has 108 valence electrons. The lowest BCUT2D eigenvalue weighted by Gasteiger charge is -2.30. The lowest BCUT2D eigenvalue weighted by Crippen LogP contribution is -2.36. The van der Waals surface area contributed by atoms with E-state index in [2.05, 4.69) is 5.32 Å². The highest BCUT2D eigenvalue weighted by atomic mass is 32.2. The molecule has 1 aromatic carbocycles. The van der Waals surface area contributed by atoms with Crippen LogP contribution in [0, 0.1) is 5.82 Å². The van der Waals surface area contributed by atoms with Gasteiger partial charge < -0.3 is 11.1 Å². The second kappa shape index (κ2) is 5.85. The first-order chi connectivity index (χ1) is 8.72. The zero-order chi connectivity index (χ0) is 14.7. The fraction of sp³-hybridized carbons (Fsp3) is 0.500. The van der Waals surface area contributed by atoms with Crippen LogP contribution in [0.5, 0.6) is 0 Å². The van der Waals surface area contributed by atoms with Gasteiger partial charge in [-0.05, 0) is 44.5 Å². The van der Waals surface area contributed by atoms with E-state index in [1.54, 1.807) is 0 Å². The smallest absolute Gasteiger partial charge is 0.238 e. The number of hydrogen-bond acceptors (Lipinski definition) is 4. The number of benzene rings is 1. The van der Waals surface area contributed by atoms with Gasteiger partial charge in [-0.1, -0.05) is 6.92 Å². The Morgan fingerprint density at radius 1 is 1.42 bits per heavy atom. The number of nitrogens with one attached hydrogen (secondary N) is 1. The number of anilines is 1. The Morgan fingerprint density at radius 2 is 2.05 bits per heavy atom. The van der Waals surface area contributed by atoms with Crippen molar-refractivity contribution < 1.29 is 12.8 Å². The van der Waals surface area contributed by atoms with Crippen molar-refractivity contribution in [2.45, 2.75) is 37.1 Å². The third-order valence-electron chi connectivity index (χ3n) is 3.18. The molecule has 5 nitrogen and oxygen atoms in total. The molecule has 1 rings (SSSR count). The van der Waals surface area contributed by atoms with Crippen LogP contribution in [0.3, 0.4) is 0 Å². The first kappa shape index (κ1) is 15.9. The molecular formula is C12H20FN3O2S. The molecule has 0 radical (unpaired) electrons. The molecule has 0 amide bonds. The van der Waals surface area contributed by atoms with E-state index in [0.717, 1.165) is 12.5 Å². The standard InChI is InChI=1S/C12H20FN3O2S/c1-3-12(2,6-7-14)16-11-5-4-9(8-10(11)13)19(15,17)18/h4-5,8,16H,3,6-7,14H2,1-2H3,(H2,15,17,18). The molecule has 7 heteroatoms. The van der Waals surface area contributed by atoms with Gasteiger partial charge in [0, 0.05) is 5.54 Å². The van der Waals surface area contributed by atoms with Gasteiger partial charge in [-0.15, -0.1) is 0 Å². The van der Waals surface area contributed by atoms with E-state index in [9.17, 15) is 12.8 Å². The minimum Gasteiger partial charge on any atom is -0.377 e. The predicted octanol–water partition coefficient (Wildman–Crippen LogP) is 1.40. The maximum absolute atomic E-state index is 13.9. The van der Waals surface area contributed by atoms with Crippen LogP contribution >= 0.6 is 0 Å². The minimum absolute atomic E-state index is 0.241. The second-order valence-corrected chi connectivity index (χ2v) is 6.33. The third kappa shape index (κ3) is 4.15.